The number of fused-ring (bicyclic) bond motifs is 1. The quantitative estimate of drug-likeness (QED) is 0.772. The van der Waals surface area contributed by atoms with Gasteiger partial charge in [0.2, 0.25) is 0 Å². The van der Waals surface area contributed by atoms with Gasteiger partial charge in [-0.15, -0.1) is 23.1 Å². The highest BCUT2D eigenvalue weighted by Gasteiger charge is 2.10. The van der Waals surface area contributed by atoms with Gasteiger partial charge in [-0.25, -0.2) is 4.98 Å². The van der Waals surface area contributed by atoms with Crippen LogP contribution in [0.4, 0.5) is 0 Å². The molecule has 0 radical (unpaired) electrons. The van der Waals surface area contributed by atoms with E-state index in [1.54, 1.807) is 18.2 Å². The number of thioether (sulfide) groups is 1. The first-order valence-corrected chi connectivity index (χ1v) is 8.61. The van der Waals surface area contributed by atoms with Crippen molar-refractivity contribution in [2.75, 3.05) is 5.75 Å². The van der Waals surface area contributed by atoms with E-state index in [9.17, 15) is 15.0 Å². The zero-order chi connectivity index (χ0) is 16.2. The average molecular weight is 342 g/mol. The molecular weight excluding hydrogens is 330 g/mol. The third-order valence-corrected chi connectivity index (χ3v) is 5.22. The molecule has 1 N–H and O–H groups in total. The number of phenolic OH excluding ortho intramolecular Hbond substituents is 1. The second kappa shape index (κ2) is 6.85. The molecule has 0 aliphatic heterocycles. The number of thiazole rings is 1. The molecule has 0 saturated heterocycles. The molecule has 0 fully saturated rings. The first kappa shape index (κ1) is 15.6. The van der Waals surface area contributed by atoms with Gasteiger partial charge in [0.25, 0.3) is 0 Å². The molecule has 0 aliphatic carbocycles. The maximum absolute atomic E-state index is 10.8. The standard InChI is InChI=1S/C17H13NO3S2/c19-12-5-3-4-11(8-12)9-15(22-10-16(20)21)17-18-13-6-1-2-7-14(13)23-17/h1-9,19H,10H2,(H,20,21)/p-1/b15-9-. The molecule has 0 spiro atoms. The van der Waals surface area contributed by atoms with E-state index in [4.69, 9.17) is 0 Å². The molecule has 0 unspecified atom stereocenters. The van der Waals surface area contributed by atoms with Gasteiger partial charge >= 0.3 is 0 Å². The van der Waals surface area contributed by atoms with Gasteiger partial charge in [-0.1, -0.05) is 24.3 Å². The number of rotatable bonds is 5. The van der Waals surface area contributed by atoms with Crippen LogP contribution in [0, 0.1) is 0 Å². The minimum atomic E-state index is -1.13. The number of carbonyl (C=O) groups is 1. The normalized spacial score (nSPS) is 11.7. The van der Waals surface area contributed by atoms with Crippen molar-refractivity contribution in [2.45, 2.75) is 0 Å². The lowest BCUT2D eigenvalue weighted by atomic mass is 10.2. The molecule has 0 aliphatic rings. The molecule has 6 heteroatoms. The van der Waals surface area contributed by atoms with Gasteiger partial charge in [0.05, 0.1) is 16.2 Å². The minimum absolute atomic E-state index is 0.152. The monoisotopic (exact) mass is 342 g/mol. The van der Waals surface area contributed by atoms with Gasteiger partial charge in [-0.05, 0) is 35.9 Å². The lowest BCUT2D eigenvalue weighted by Gasteiger charge is -2.05. The average Bonchev–Trinajstić information content (AvgIpc) is 2.95. The number of hydrogen-bond acceptors (Lipinski definition) is 6. The van der Waals surface area contributed by atoms with Crippen LogP contribution < -0.4 is 5.11 Å². The molecule has 3 rings (SSSR count). The van der Waals surface area contributed by atoms with E-state index in [1.165, 1.54) is 11.3 Å². The van der Waals surface area contributed by atoms with Crippen LogP contribution in [0.1, 0.15) is 10.6 Å². The molecular formula is C17H12NO3S2-. The summed E-state index contributed by atoms with van der Waals surface area (Å²) in [6.45, 7) is 0. The van der Waals surface area contributed by atoms with Crippen molar-refractivity contribution in [3.8, 4) is 5.75 Å². The van der Waals surface area contributed by atoms with Gasteiger partial charge in [0.1, 0.15) is 10.8 Å². The number of aromatic hydroxyl groups is 1. The number of aromatic nitrogens is 1. The predicted molar refractivity (Wildman–Crippen MR) is 93.1 cm³/mol. The Kier molecular flexibility index (Phi) is 4.64. The number of carboxylic acid groups (broad SMARTS) is 1. The SMILES string of the molecule is O=C([O-])CS/C(=C\c1cccc(O)c1)c1nc2ccccc2s1. The minimum Gasteiger partial charge on any atom is -0.549 e. The number of carbonyl (C=O) groups excluding carboxylic acids is 1. The summed E-state index contributed by atoms with van der Waals surface area (Å²) < 4.78 is 1.04. The number of nitrogens with zero attached hydrogens (tertiary/aromatic N) is 1. The van der Waals surface area contributed by atoms with E-state index in [1.807, 2.05) is 36.4 Å². The maximum Gasteiger partial charge on any atom is 0.131 e. The second-order valence-electron chi connectivity index (χ2n) is 4.75. The van der Waals surface area contributed by atoms with E-state index in [0.29, 0.717) is 0 Å². The highest BCUT2D eigenvalue weighted by molar-refractivity contribution is 8.09. The molecule has 4 nitrogen and oxygen atoms in total. The van der Waals surface area contributed by atoms with E-state index >= 15 is 0 Å². The summed E-state index contributed by atoms with van der Waals surface area (Å²) in [4.78, 5) is 16.1. The van der Waals surface area contributed by atoms with E-state index in [2.05, 4.69) is 4.98 Å². The molecule has 23 heavy (non-hydrogen) atoms. The van der Waals surface area contributed by atoms with Gasteiger partial charge < -0.3 is 15.0 Å². The van der Waals surface area contributed by atoms with Crippen LogP contribution in [0.3, 0.4) is 0 Å². The lowest BCUT2D eigenvalue weighted by Crippen LogP contribution is -2.24. The van der Waals surface area contributed by atoms with Gasteiger partial charge in [-0.3, -0.25) is 0 Å². The lowest BCUT2D eigenvalue weighted by molar-refractivity contribution is -0.301. The van der Waals surface area contributed by atoms with Crippen molar-refractivity contribution in [3.05, 3.63) is 59.1 Å². The summed E-state index contributed by atoms with van der Waals surface area (Å²) in [7, 11) is 0. The van der Waals surface area contributed by atoms with E-state index < -0.39 is 5.97 Å². The fourth-order valence-electron chi connectivity index (χ4n) is 2.05. The molecule has 1 aromatic heterocycles. The Bertz CT molecular complexity index is 853. The summed E-state index contributed by atoms with van der Waals surface area (Å²) >= 11 is 2.67. The second-order valence-corrected chi connectivity index (χ2v) is 6.80. The Morgan fingerprint density at radius 2 is 2.09 bits per heavy atom. The summed E-state index contributed by atoms with van der Waals surface area (Å²) in [6, 6.07) is 14.5. The van der Waals surface area contributed by atoms with Crippen molar-refractivity contribution >= 4 is 50.3 Å². The smallest absolute Gasteiger partial charge is 0.131 e. The molecule has 3 aromatic rings. The van der Waals surface area contributed by atoms with Crippen LogP contribution in [-0.4, -0.2) is 21.8 Å². The predicted octanol–water partition coefficient (Wildman–Crippen LogP) is 2.98. The summed E-state index contributed by atoms with van der Waals surface area (Å²) in [6.07, 6.45) is 1.82. The Hall–Kier alpha value is -2.31. The van der Waals surface area contributed by atoms with E-state index in [0.717, 1.165) is 37.5 Å². The van der Waals surface area contributed by atoms with Crippen molar-refractivity contribution in [1.82, 2.24) is 4.98 Å². The fourth-order valence-corrected chi connectivity index (χ4v) is 3.89. The van der Waals surface area contributed by atoms with Gasteiger partial charge in [0.15, 0.2) is 0 Å². The third-order valence-electron chi connectivity index (χ3n) is 3.02. The van der Waals surface area contributed by atoms with E-state index in [-0.39, 0.29) is 11.5 Å². The van der Waals surface area contributed by atoms with Gasteiger partial charge in [-0.2, -0.15) is 0 Å². The van der Waals surface area contributed by atoms with Crippen LogP contribution in [0.15, 0.2) is 48.5 Å². The fraction of sp³-hybridized carbons (Fsp3) is 0.0588. The number of aliphatic carboxylic acids is 1. The zero-order valence-electron chi connectivity index (χ0n) is 11.9. The molecule has 0 bridgehead atoms. The first-order chi connectivity index (χ1) is 11.1. The van der Waals surface area contributed by atoms with Gasteiger partial charge in [0, 0.05) is 10.7 Å². The van der Waals surface area contributed by atoms with Crippen molar-refractivity contribution in [1.29, 1.82) is 0 Å². The van der Waals surface area contributed by atoms with Crippen LogP contribution in [-0.2, 0) is 4.79 Å². The van der Waals surface area contributed by atoms with Crippen LogP contribution in [0.2, 0.25) is 0 Å². The number of benzene rings is 2. The zero-order valence-corrected chi connectivity index (χ0v) is 13.6. The summed E-state index contributed by atoms with van der Waals surface area (Å²) in [5.41, 5.74) is 1.66. The summed E-state index contributed by atoms with van der Waals surface area (Å²) in [5, 5.41) is 21.1. The Morgan fingerprint density at radius 3 is 2.83 bits per heavy atom. The third kappa shape index (κ3) is 3.91. The number of phenols is 1. The van der Waals surface area contributed by atoms with Crippen LogP contribution >= 0.6 is 23.1 Å². The molecule has 1 heterocycles. The Balaban J connectivity index is 2.02. The number of carboxylic acids is 1. The van der Waals surface area contributed by atoms with Crippen molar-refractivity contribution in [2.24, 2.45) is 0 Å². The highest BCUT2D eigenvalue weighted by atomic mass is 32.2. The van der Waals surface area contributed by atoms with Crippen molar-refractivity contribution < 1.29 is 15.0 Å². The Morgan fingerprint density at radius 1 is 1.26 bits per heavy atom. The maximum atomic E-state index is 10.8. The molecule has 0 amide bonds. The number of hydrogen-bond donors (Lipinski definition) is 1. The molecule has 116 valence electrons. The summed E-state index contributed by atoms with van der Waals surface area (Å²) in [5.74, 6) is -1.12. The first-order valence-electron chi connectivity index (χ1n) is 6.81. The molecule has 2 aromatic carbocycles. The van der Waals surface area contributed by atoms with Crippen LogP contribution in [0.25, 0.3) is 21.2 Å². The van der Waals surface area contributed by atoms with Crippen LogP contribution in [0.5, 0.6) is 5.75 Å². The largest absolute Gasteiger partial charge is 0.549 e. The highest BCUT2D eigenvalue weighted by Crippen LogP contribution is 2.35. The molecule has 0 saturated carbocycles. The number of para-hydroxylation sites is 1. The topological polar surface area (TPSA) is 73.2 Å². The van der Waals surface area contributed by atoms with Crippen molar-refractivity contribution in [3.63, 3.8) is 0 Å². The molecule has 0 atom stereocenters. The Labute approximate surface area is 141 Å².